The molecule has 1 atom stereocenters. The molecule has 0 saturated carbocycles. The average molecular weight is 253 g/mol. The van der Waals surface area contributed by atoms with Crippen LogP contribution in [0.1, 0.15) is 12.0 Å². The molecule has 0 spiro atoms. The molecule has 2 rings (SSSR count). The minimum Gasteiger partial charge on any atom is -0.386 e. The number of aliphatic hydroxyl groups is 1. The summed E-state index contributed by atoms with van der Waals surface area (Å²) in [5.74, 6) is 0. The second-order valence-corrected chi connectivity index (χ2v) is 4.59. The number of nitrogens with one attached hydrogen (secondary N) is 1. The molecule has 4 nitrogen and oxygen atoms in total. The van der Waals surface area contributed by atoms with Gasteiger partial charge in [0.2, 0.25) is 0 Å². The molecule has 0 amide bonds. The van der Waals surface area contributed by atoms with Crippen molar-refractivity contribution in [1.29, 1.82) is 5.26 Å². The van der Waals surface area contributed by atoms with Crippen LogP contribution in [0.2, 0.25) is 5.02 Å². The number of nitriles is 1. The highest BCUT2D eigenvalue weighted by atomic mass is 35.5. The maximum atomic E-state index is 10.1. The Labute approximate surface area is 105 Å². The fraction of sp³-hybridized carbons (Fsp3) is 0.417. The largest absolute Gasteiger partial charge is 0.386 e. The molecule has 0 radical (unpaired) electrons. The Kier molecular flexibility index (Phi) is 3.53. The van der Waals surface area contributed by atoms with Crippen LogP contribution in [0.3, 0.4) is 0 Å². The number of anilines is 1. The number of ether oxygens (including phenoxy) is 1. The summed E-state index contributed by atoms with van der Waals surface area (Å²) in [7, 11) is 0. The van der Waals surface area contributed by atoms with E-state index in [-0.39, 0.29) is 0 Å². The van der Waals surface area contributed by atoms with E-state index in [2.05, 4.69) is 5.32 Å². The van der Waals surface area contributed by atoms with Crippen LogP contribution < -0.4 is 5.32 Å². The van der Waals surface area contributed by atoms with Gasteiger partial charge in [-0.1, -0.05) is 11.6 Å². The minimum absolute atomic E-state index is 0.341. The second kappa shape index (κ2) is 4.92. The molecule has 1 fully saturated rings. The van der Waals surface area contributed by atoms with Crippen molar-refractivity contribution in [2.45, 2.75) is 12.0 Å². The molecule has 1 aromatic rings. The lowest BCUT2D eigenvalue weighted by molar-refractivity contribution is 0.0382. The molecule has 0 bridgehead atoms. The number of nitrogens with zero attached hydrogens (tertiary/aromatic N) is 1. The number of rotatable bonds is 3. The third-order valence-electron chi connectivity index (χ3n) is 2.79. The van der Waals surface area contributed by atoms with E-state index in [0.717, 1.165) is 0 Å². The van der Waals surface area contributed by atoms with Gasteiger partial charge in [-0.3, -0.25) is 0 Å². The van der Waals surface area contributed by atoms with Crippen molar-refractivity contribution in [2.24, 2.45) is 0 Å². The van der Waals surface area contributed by atoms with Crippen LogP contribution in [-0.2, 0) is 4.74 Å². The smallest absolute Gasteiger partial charge is 0.107 e. The van der Waals surface area contributed by atoms with Gasteiger partial charge in [0.25, 0.3) is 0 Å². The zero-order chi connectivity index (χ0) is 12.3. The quantitative estimate of drug-likeness (QED) is 0.861. The van der Waals surface area contributed by atoms with Gasteiger partial charge in [-0.25, -0.2) is 0 Å². The van der Waals surface area contributed by atoms with Gasteiger partial charge in [-0.2, -0.15) is 5.26 Å². The Morgan fingerprint density at radius 1 is 1.59 bits per heavy atom. The summed E-state index contributed by atoms with van der Waals surface area (Å²) >= 11 is 6.01. The van der Waals surface area contributed by atoms with Gasteiger partial charge >= 0.3 is 0 Å². The summed E-state index contributed by atoms with van der Waals surface area (Å²) in [5, 5.41) is 22.3. The Bertz CT molecular complexity index is 450. The highest BCUT2D eigenvalue weighted by molar-refractivity contribution is 6.33. The van der Waals surface area contributed by atoms with Crippen LogP contribution in [0, 0.1) is 11.3 Å². The van der Waals surface area contributed by atoms with Crippen molar-refractivity contribution in [3.05, 3.63) is 28.8 Å². The van der Waals surface area contributed by atoms with Crippen molar-refractivity contribution in [3.8, 4) is 6.07 Å². The van der Waals surface area contributed by atoms with Crippen LogP contribution in [0.4, 0.5) is 5.69 Å². The van der Waals surface area contributed by atoms with Crippen molar-refractivity contribution in [3.63, 3.8) is 0 Å². The van der Waals surface area contributed by atoms with Crippen LogP contribution in [0.5, 0.6) is 0 Å². The Morgan fingerprint density at radius 2 is 2.41 bits per heavy atom. The third-order valence-corrected chi connectivity index (χ3v) is 3.10. The van der Waals surface area contributed by atoms with Gasteiger partial charge in [-0.05, 0) is 18.2 Å². The van der Waals surface area contributed by atoms with E-state index in [4.69, 9.17) is 21.6 Å². The highest BCUT2D eigenvalue weighted by Crippen LogP contribution is 2.25. The zero-order valence-electron chi connectivity index (χ0n) is 9.24. The normalized spacial score (nSPS) is 23.4. The van der Waals surface area contributed by atoms with Crippen molar-refractivity contribution >= 4 is 17.3 Å². The maximum absolute atomic E-state index is 10.1. The standard InChI is InChI=1S/C12H13ClN2O2/c13-10-5-9(6-14)1-2-11(10)15-7-12(16)3-4-17-8-12/h1-2,5,15-16H,3-4,7-8H2. The van der Waals surface area contributed by atoms with Crippen molar-refractivity contribution in [2.75, 3.05) is 25.1 Å². The summed E-state index contributed by atoms with van der Waals surface area (Å²) in [4.78, 5) is 0. The van der Waals surface area contributed by atoms with Crippen LogP contribution in [0.25, 0.3) is 0 Å². The SMILES string of the molecule is N#Cc1ccc(NCC2(O)CCOC2)c(Cl)c1. The van der Waals surface area contributed by atoms with Gasteiger partial charge in [0.1, 0.15) is 5.60 Å². The van der Waals surface area contributed by atoms with E-state index in [1.54, 1.807) is 18.2 Å². The van der Waals surface area contributed by atoms with Crippen molar-refractivity contribution < 1.29 is 9.84 Å². The van der Waals surface area contributed by atoms with Gasteiger partial charge in [0.05, 0.1) is 28.9 Å². The Balaban J connectivity index is 2.02. The molecule has 1 saturated heterocycles. The van der Waals surface area contributed by atoms with E-state index >= 15 is 0 Å². The highest BCUT2D eigenvalue weighted by Gasteiger charge is 2.31. The van der Waals surface area contributed by atoms with E-state index in [9.17, 15) is 5.11 Å². The molecule has 0 aromatic heterocycles. The van der Waals surface area contributed by atoms with E-state index in [1.807, 2.05) is 6.07 Å². The monoisotopic (exact) mass is 252 g/mol. The molecule has 1 heterocycles. The lowest BCUT2D eigenvalue weighted by Gasteiger charge is -2.21. The number of hydrogen-bond acceptors (Lipinski definition) is 4. The average Bonchev–Trinajstić information content (AvgIpc) is 2.75. The first-order chi connectivity index (χ1) is 8.13. The topological polar surface area (TPSA) is 65.3 Å². The molecule has 90 valence electrons. The lowest BCUT2D eigenvalue weighted by atomic mass is 10.0. The van der Waals surface area contributed by atoms with Crippen LogP contribution in [-0.4, -0.2) is 30.5 Å². The van der Waals surface area contributed by atoms with Gasteiger partial charge in [0.15, 0.2) is 0 Å². The molecule has 1 aliphatic rings. The Morgan fingerprint density at radius 3 is 3.00 bits per heavy atom. The number of benzene rings is 1. The molecule has 1 aliphatic heterocycles. The molecule has 1 aromatic carbocycles. The van der Waals surface area contributed by atoms with Crippen LogP contribution >= 0.6 is 11.6 Å². The predicted molar refractivity (Wildman–Crippen MR) is 65.0 cm³/mol. The zero-order valence-corrected chi connectivity index (χ0v) is 10.00. The first kappa shape index (κ1) is 12.2. The first-order valence-corrected chi connectivity index (χ1v) is 5.74. The van der Waals surface area contributed by atoms with E-state index in [1.165, 1.54) is 0 Å². The van der Waals surface area contributed by atoms with Crippen LogP contribution in [0.15, 0.2) is 18.2 Å². The van der Waals surface area contributed by atoms with Gasteiger partial charge in [0, 0.05) is 19.6 Å². The predicted octanol–water partition coefficient (Wildman–Crippen LogP) is 1.77. The third kappa shape index (κ3) is 2.89. The molecular weight excluding hydrogens is 240 g/mol. The summed E-state index contributed by atoms with van der Waals surface area (Å²) < 4.78 is 5.15. The lowest BCUT2D eigenvalue weighted by Crippen LogP contribution is -2.37. The molecule has 0 aliphatic carbocycles. The van der Waals surface area contributed by atoms with Crippen molar-refractivity contribution in [1.82, 2.24) is 0 Å². The molecule has 17 heavy (non-hydrogen) atoms. The summed E-state index contributed by atoms with van der Waals surface area (Å²) in [5.41, 5.74) is 0.409. The molecule has 5 heteroatoms. The molecular formula is C12H13ClN2O2. The fourth-order valence-electron chi connectivity index (χ4n) is 1.72. The molecule has 2 N–H and O–H groups in total. The van der Waals surface area contributed by atoms with Gasteiger partial charge < -0.3 is 15.2 Å². The summed E-state index contributed by atoms with van der Waals surface area (Å²) in [6.07, 6.45) is 0.619. The molecule has 1 unspecified atom stereocenters. The number of halogens is 1. The minimum atomic E-state index is -0.822. The Hall–Kier alpha value is -1.28. The fourth-order valence-corrected chi connectivity index (χ4v) is 1.97. The summed E-state index contributed by atoms with van der Waals surface area (Å²) in [6.45, 7) is 1.31. The second-order valence-electron chi connectivity index (χ2n) is 4.19. The van der Waals surface area contributed by atoms with Gasteiger partial charge in [-0.15, -0.1) is 0 Å². The maximum Gasteiger partial charge on any atom is 0.107 e. The summed E-state index contributed by atoms with van der Waals surface area (Å²) in [6, 6.07) is 7.03. The first-order valence-electron chi connectivity index (χ1n) is 5.37. The van der Waals surface area contributed by atoms with E-state index < -0.39 is 5.60 Å². The number of hydrogen-bond donors (Lipinski definition) is 2. The van der Waals surface area contributed by atoms with E-state index in [0.29, 0.717) is 42.5 Å².